The molecule has 0 aromatic heterocycles. The molecule has 0 aromatic carbocycles. The fourth-order valence-electron chi connectivity index (χ4n) is 2.68. The summed E-state index contributed by atoms with van der Waals surface area (Å²) in [6.07, 6.45) is 3.17. The maximum atomic E-state index is 12.2. The maximum absolute atomic E-state index is 12.2. The van der Waals surface area contributed by atoms with E-state index in [1.54, 1.807) is 7.11 Å². The van der Waals surface area contributed by atoms with Crippen LogP contribution in [0.2, 0.25) is 0 Å². The monoisotopic (exact) mass is 256 g/mol. The van der Waals surface area contributed by atoms with E-state index in [2.05, 4.69) is 5.32 Å². The molecular weight excluding hydrogens is 232 g/mol. The predicted molar refractivity (Wildman–Crippen MR) is 68.4 cm³/mol. The second kappa shape index (κ2) is 7.07. The van der Waals surface area contributed by atoms with Crippen LogP contribution in [0.5, 0.6) is 0 Å². The summed E-state index contributed by atoms with van der Waals surface area (Å²) in [7, 11) is 1.67. The lowest BCUT2D eigenvalue weighted by Gasteiger charge is -2.20. The molecule has 2 fully saturated rings. The van der Waals surface area contributed by atoms with Gasteiger partial charge in [0.2, 0.25) is 5.91 Å². The Kier molecular flexibility index (Phi) is 5.41. The summed E-state index contributed by atoms with van der Waals surface area (Å²) in [5.74, 6) is 0.777. The second-order valence-corrected chi connectivity index (χ2v) is 5.16. The summed E-state index contributed by atoms with van der Waals surface area (Å²) in [5, 5.41) is 3.27. The number of likely N-dealkylation sites (tertiary alicyclic amines) is 1. The van der Waals surface area contributed by atoms with E-state index in [0.717, 1.165) is 45.5 Å². The van der Waals surface area contributed by atoms with Gasteiger partial charge in [-0.25, -0.2) is 0 Å². The van der Waals surface area contributed by atoms with Gasteiger partial charge < -0.3 is 19.7 Å². The third kappa shape index (κ3) is 3.67. The van der Waals surface area contributed by atoms with Gasteiger partial charge in [-0.1, -0.05) is 0 Å². The van der Waals surface area contributed by atoms with Crippen molar-refractivity contribution in [3.63, 3.8) is 0 Å². The molecule has 2 atom stereocenters. The molecule has 2 aliphatic rings. The van der Waals surface area contributed by atoms with Crippen LogP contribution in [0.25, 0.3) is 0 Å². The van der Waals surface area contributed by atoms with Gasteiger partial charge in [-0.2, -0.15) is 0 Å². The molecule has 0 aliphatic carbocycles. The molecular formula is C13H24N2O3. The van der Waals surface area contributed by atoms with Crippen LogP contribution >= 0.6 is 0 Å². The van der Waals surface area contributed by atoms with Gasteiger partial charge in [0.25, 0.3) is 0 Å². The molecule has 2 aliphatic heterocycles. The summed E-state index contributed by atoms with van der Waals surface area (Å²) < 4.78 is 10.5. The van der Waals surface area contributed by atoms with Crippen LogP contribution in [0.15, 0.2) is 0 Å². The number of hydrogen-bond donors (Lipinski definition) is 1. The molecule has 0 aromatic rings. The SMILES string of the molecule is COCCOCC1CCN(C(=O)C2CCCN2)C1. The van der Waals surface area contributed by atoms with Gasteiger partial charge in [0.1, 0.15) is 0 Å². The lowest BCUT2D eigenvalue weighted by atomic mass is 10.1. The minimum Gasteiger partial charge on any atom is -0.382 e. The van der Waals surface area contributed by atoms with Gasteiger partial charge in [-0.3, -0.25) is 4.79 Å². The van der Waals surface area contributed by atoms with Crippen LogP contribution in [0.3, 0.4) is 0 Å². The van der Waals surface area contributed by atoms with Gasteiger partial charge in [0.05, 0.1) is 25.9 Å². The van der Waals surface area contributed by atoms with Crippen molar-refractivity contribution in [1.82, 2.24) is 10.2 Å². The number of carbonyl (C=O) groups excluding carboxylic acids is 1. The number of carbonyl (C=O) groups is 1. The van der Waals surface area contributed by atoms with Crippen molar-refractivity contribution in [2.75, 3.05) is 46.6 Å². The highest BCUT2D eigenvalue weighted by Crippen LogP contribution is 2.19. The van der Waals surface area contributed by atoms with Crippen LogP contribution in [-0.4, -0.2) is 63.4 Å². The molecule has 1 amide bonds. The first-order chi connectivity index (χ1) is 8.81. The highest BCUT2D eigenvalue weighted by atomic mass is 16.5. The number of nitrogens with one attached hydrogen (secondary N) is 1. The molecule has 2 saturated heterocycles. The first-order valence-corrected chi connectivity index (χ1v) is 6.90. The number of rotatable bonds is 6. The molecule has 2 unspecified atom stereocenters. The summed E-state index contributed by atoms with van der Waals surface area (Å²) in [5.41, 5.74) is 0. The molecule has 0 radical (unpaired) electrons. The fourth-order valence-corrected chi connectivity index (χ4v) is 2.68. The van der Waals surface area contributed by atoms with Crippen LogP contribution in [0.4, 0.5) is 0 Å². The van der Waals surface area contributed by atoms with E-state index in [1.165, 1.54) is 0 Å². The van der Waals surface area contributed by atoms with Crippen molar-refractivity contribution in [3.8, 4) is 0 Å². The minimum atomic E-state index is 0.0677. The van der Waals surface area contributed by atoms with Gasteiger partial charge in [-0.05, 0) is 25.8 Å². The molecule has 0 saturated carbocycles. The number of ether oxygens (including phenoxy) is 2. The van der Waals surface area contributed by atoms with Crippen molar-refractivity contribution >= 4 is 5.91 Å². The molecule has 2 rings (SSSR count). The third-order valence-corrected chi connectivity index (χ3v) is 3.74. The molecule has 0 bridgehead atoms. The molecule has 0 spiro atoms. The third-order valence-electron chi connectivity index (χ3n) is 3.74. The average Bonchev–Trinajstić information content (AvgIpc) is 3.05. The highest BCUT2D eigenvalue weighted by molar-refractivity contribution is 5.82. The van der Waals surface area contributed by atoms with Gasteiger partial charge in [0.15, 0.2) is 0 Å². The van der Waals surface area contributed by atoms with E-state index in [1.807, 2.05) is 4.90 Å². The van der Waals surface area contributed by atoms with E-state index < -0.39 is 0 Å². The number of methoxy groups -OCH3 is 1. The minimum absolute atomic E-state index is 0.0677. The zero-order valence-corrected chi connectivity index (χ0v) is 11.2. The molecule has 2 heterocycles. The van der Waals surface area contributed by atoms with E-state index in [9.17, 15) is 4.79 Å². The Morgan fingerprint density at radius 1 is 1.39 bits per heavy atom. The normalized spacial score (nSPS) is 27.9. The van der Waals surface area contributed by atoms with Crippen molar-refractivity contribution in [2.45, 2.75) is 25.3 Å². The Bertz CT molecular complexity index is 267. The number of hydrogen-bond acceptors (Lipinski definition) is 4. The van der Waals surface area contributed by atoms with E-state index in [4.69, 9.17) is 9.47 Å². The Balaban J connectivity index is 1.66. The maximum Gasteiger partial charge on any atom is 0.239 e. The summed E-state index contributed by atoms with van der Waals surface area (Å²) in [6, 6.07) is 0.0677. The standard InChI is InChI=1S/C13H24N2O3/c1-17-7-8-18-10-11-4-6-15(9-11)13(16)12-3-2-5-14-12/h11-12,14H,2-10H2,1H3. The van der Waals surface area contributed by atoms with E-state index >= 15 is 0 Å². The second-order valence-electron chi connectivity index (χ2n) is 5.16. The van der Waals surface area contributed by atoms with Crippen LogP contribution < -0.4 is 5.32 Å². The summed E-state index contributed by atoms with van der Waals surface area (Å²) in [6.45, 7) is 4.74. The van der Waals surface area contributed by atoms with Crippen molar-refractivity contribution in [2.24, 2.45) is 5.92 Å². The quantitative estimate of drug-likeness (QED) is 0.692. The predicted octanol–water partition coefficient (Wildman–Crippen LogP) is 0.250. The topological polar surface area (TPSA) is 50.8 Å². The molecule has 5 nitrogen and oxygen atoms in total. The zero-order chi connectivity index (χ0) is 12.8. The zero-order valence-electron chi connectivity index (χ0n) is 11.2. The molecule has 18 heavy (non-hydrogen) atoms. The average molecular weight is 256 g/mol. The van der Waals surface area contributed by atoms with Gasteiger partial charge in [-0.15, -0.1) is 0 Å². The first kappa shape index (κ1) is 13.8. The van der Waals surface area contributed by atoms with E-state index in [-0.39, 0.29) is 11.9 Å². The number of nitrogens with zero attached hydrogens (tertiary/aromatic N) is 1. The van der Waals surface area contributed by atoms with Crippen LogP contribution in [0.1, 0.15) is 19.3 Å². The van der Waals surface area contributed by atoms with Crippen molar-refractivity contribution in [3.05, 3.63) is 0 Å². The molecule has 5 heteroatoms. The van der Waals surface area contributed by atoms with Crippen LogP contribution in [0, 0.1) is 5.92 Å². The Hall–Kier alpha value is -0.650. The molecule has 104 valence electrons. The van der Waals surface area contributed by atoms with Crippen molar-refractivity contribution in [1.29, 1.82) is 0 Å². The molecule has 1 N–H and O–H groups in total. The fraction of sp³-hybridized carbons (Fsp3) is 0.923. The van der Waals surface area contributed by atoms with Crippen LogP contribution in [-0.2, 0) is 14.3 Å². The Morgan fingerprint density at radius 2 is 2.28 bits per heavy atom. The smallest absolute Gasteiger partial charge is 0.239 e. The van der Waals surface area contributed by atoms with E-state index in [0.29, 0.717) is 19.1 Å². The summed E-state index contributed by atoms with van der Waals surface area (Å²) in [4.78, 5) is 14.2. The highest BCUT2D eigenvalue weighted by Gasteiger charge is 2.31. The number of amides is 1. The van der Waals surface area contributed by atoms with Gasteiger partial charge in [0, 0.05) is 26.1 Å². The first-order valence-electron chi connectivity index (χ1n) is 6.90. The lowest BCUT2D eigenvalue weighted by molar-refractivity contribution is -0.132. The Morgan fingerprint density at radius 3 is 3.00 bits per heavy atom. The lowest BCUT2D eigenvalue weighted by Crippen LogP contribution is -2.42. The van der Waals surface area contributed by atoms with Crippen molar-refractivity contribution < 1.29 is 14.3 Å². The largest absolute Gasteiger partial charge is 0.382 e. The summed E-state index contributed by atoms with van der Waals surface area (Å²) >= 11 is 0. The van der Waals surface area contributed by atoms with Gasteiger partial charge >= 0.3 is 0 Å². The Labute approximate surface area is 109 Å².